The predicted octanol–water partition coefficient (Wildman–Crippen LogP) is 2.63. The summed E-state index contributed by atoms with van der Waals surface area (Å²) in [4.78, 5) is 22.7. The Hall–Kier alpha value is -1.84. The second-order valence-corrected chi connectivity index (χ2v) is 5.72. The zero-order valence-electron chi connectivity index (χ0n) is 11.6. The Balaban J connectivity index is 2.11. The third kappa shape index (κ3) is 1.90. The van der Waals surface area contributed by atoms with Crippen molar-refractivity contribution in [3.05, 3.63) is 45.4 Å². The van der Waals surface area contributed by atoms with E-state index in [0.29, 0.717) is 17.8 Å². The molecule has 1 aromatic heterocycles. The summed E-state index contributed by atoms with van der Waals surface area (Å²) in [7, 11) is 0. The van der Waals surface area contributed by atoms with Crippen molar-refractivity contribution in [3.63, 3.8) is 0 Å². The molecular formula is C16H17O4. The van der Waals surface area contributed by atoms with Crippen LogP contribution in [0.25, 0.3) is 6.08 Å². The van der Waals surface area contributed by atoms with Crippen LogP contribution in [0.1, 0.15) is 43.1 Å². The van der Waals surface area contributed by atoms with Gasteiger partial charge in [0.1, 0.15) is 11.9 Å². The average Bonchev–Trinajstić information content (AvgIpc) is 2.38. The third-order valence-corrected chi connectivity index (χ3v) is 4.41. The van der Waals surface area contributed by atoms with Gasteiger partial charge in [0, 0.05) is 11.8 Å². The molecule has 1 saturated carbocycles. The molecule has 3 rings (SSSR count). The number of fused-ring (bicyclic) bond motifs is 2. The van der Waals surface area contributed by atoms with E-state index in [0.717, 1.165) is 30.4 Å². The van der Waals surface area contributed by atoms with Gasteiger partial charge < -0.3 is 9.15 Å². The predicted molar refractivity (Wildman–Crippen MR) is 74.0 cm³/mol. The van der Waals surface area contributed by atoms with Crippen molar-refractivity contribution in [2.75, 3.05) is 0 Å². The first kappa shape index (κ1) is 13.2. The van der Waals surface area contributed by atoms with Crippen LogP contribution in [-0.4, -0.2) is 12.6 Å². The molecule has 0 spiro atoms. The van der Waals surface area contributed by atoms with Crippen LogP contribution in [-0.2, 0) is 9.53 Å². The van der Waals surface area contributed by atoms with Gasteiger partial charge in [-0.15, -0.1) is 0 Å². The summed E-state index contributed by atoms with van der Waals surface area (Å²) < 4.78 is 10.4. The maximum Gasteiger partial charge on any atom is 0.343 e. The highest BCUT2D eigenvalue weighted by Crippen LogP contribution is 2.49. The minimum atomic E-state index is -0.327. The molecule has 2 aliphatic rings. The normalized spacial score (nSPS) is 28.1. The highest BCUT2D eigenvalue weighted by atomic mass is 16.5. The molecule has 2 aliphatic carbocycles. The van der Waals surface area contributed by atoms with Gasteiger partial charge in [-0.05, 0) is 43.9 Å². The van der Waals surface area contributed by atoms with E-state index in [1.165, 1.54) is 0 Å². The molecular weight excluding hydrogens is 256 g/mol. The maximum absolute atomic E-state index is 12.0. The van der Waals surface area contributed by atoms with Gasteiger partial charge in [-0.3, -0.25) is 4.79 Å². The number of hydrogen-bond donors (Lipinski definition) is 0. The van der Waals surface area contributed by atoms with E-state index in [1.54, 1.807) is 6.92 Å². The number of ether oxygens (including phenoxy) is 1. The first-order chi connectivity index (χ1) is 9.54. The zero-order valence-corrected chi connectivity index (χ0v) is 11.6. The Bertz CT molecular complexity index is 640. The van der Waals surface area contributed by atoms with Gasteiger partial charge in [-0.25, -0.2) is 4.79 Å². The van der Waals surface area contributed by atoms with E-state index in [1.807, 2.05) is 12.1 Å². The van der Waals surface area contributed by atoms with Crippen LogP contribution in [0.5, 0.6) is 0 Å². The Morgan fingerprint density at radius 3 is 3.05 bits per heavy atom. The molecule has 1 heterocycles. The van der Waals surface area contributed by atoms with Crippen molar-refractivity contribution in [2.24, 2.45) is 5.41 Å². The SMILES string of the molecule is Cc1cc2c(c(=O)o1)C=C1CCCC(OC=O)[C@@]1(C)[CH]2. The lowest BCUT2D eigenvalue weighted by molar-refractivity contribution is -0.138. The molecule has 1 aromatic rings. The maximum atomic E-state index is 12.0. The lowest BCUT2D eigenvalue weighted by atomic mass is 9.63. The van der Waals surface area contributed by atoms with Crippen molar-refractivity contribution >= 4 is 12.5 Å². The third-order valence-electron chi connectivity index (χ3n) is 4.41. The van der Waals surface area contributed by atoms with Crippen molar-refractivity contribution in [1.29, 1.82) is 0 Å². The summed E-state index contributed by atoms with van der Waals surface area (Å²) >= 11 is 0. The number of carbonyl (C=O) groups excluding carboxylic acids is 1. The largest absolute Gasteiger partial charge is 0.464 e. The fourth-order valence-electron chi connectivity index (χ4n) is 3.35. The van der Waals surface area contributed by atoms with Crippen LogP contribution in [0.3, 0.4) is 0 Å². The quantitative estimate of drug-likeness (QED) is 0.777. The van der Waals surface area contributed by atoms with Crippen LogP contribution in [0.2, 0.25) is 0 Å². The summed E-state index contributed by atoms with van der Waals surface area (Å²) in [6.45, 7) is 4.35. The fourth-order valence-corrected chi connectivity index (χ4v) is 3.35. The van der Waals surface area contributed by atoms with E-state index < -0.39 is 0 Å². The molecule has 4 nitrogen and oxygen atoms in total. The van der Waals surface area contributed by atoms with E-state index in [2.05, 4.69) is 13.3 Å². The van der Waals surface area contributed by atoms with E-state index in [-0.39, 0.29) is 17.1 Å². The highest BCUT2D eigenvalue weighted by Gasteiger charge is 2.44. The Labute approximate surface area is 117 Å². The first-order valence-electron chi connectivity index (χ1n) is 6.85. The molecule has 1 radical (unpaired) electrons. The van der Waals surface area contributed by atoms with Crippen molar-refractivity contribution in [3.8, 4) is 0 Å². The molecule has 20 heavy (non-hydrogen) atoms. The Morgan fingerprint density at radius 1 is 1.50 bits per heavy atom. The summed E-state index contributed by atoms with van der Waals surface area (Å²) in [5.41, 5.74) is 1.98. The van der Waals surface area contributed by atoms with Crippen LogP contribution in [0, 0.1) is 18.8 Å². The number of rotatable bonds is 2. The molecule has 0 aromatic carbocycles. The Morgan fingerprint density at radius 2 is 2.30 bits per heavy atom. The molecule has 1 fully saturated rings. The molecule has 0 N–H and O–H groups in total. The molecule has 1 unspecified atom stereocenters. The topological polar surface area (TPSA) is 56.5 Å². The summed E-state index contributed by atoms with van der Waals surface area (Å²) in [5, 5.41) is 0. The first-order valence-corrected chi connectivity index (χ1v) is 6.85. The molecule has 0 bridgehead atoms. The van der Waals surface area contributed by atoms with Crippen LogP contribution < -0.4 is 5.63 Å². The van der Waals surface area contributed by atoms with Crippen LogP contribution >= 0.6 is 0 Å². The molecule has 2 atom stereocenters. The van der Waals surface area contributed by atoms with Gasteiger partial charge in [0.25, 0.3) is 6.47 Å². The number of hydrogen-bond acceptors (Lipinski definition) is 4. The smallest absolute Gasteiger partial charge is 0.343 e. The summed E-state index contributed by atoms with van der Waals surface area (Å²) in [6, 6.07) is 1.86. The highest BCUT2D eigenvalue weighted by molar-refractivity contribution is 5.65. The van der Waals surface area contributed by atoms with Crippen LogP contribution in [0.15, 0.2) is 20.9 Å². The van der Waals surface area contributed by atoms with E-state index >= 15 is 0 Å². The van der Waals surface area contributed by atoms with Crippen molar-refractivity contribution < 1.29 is 13.9 Å². The molecule has 0 aliphatic heterocycles. The lowest BCUT2D eigenvalue weighted by Crippen LogP contribution is -2.42. The van der Waals surface area contributed by atoms with Gasteiger partial charge in [-0.1, -0.05) is 12.5 Å². The van der Waals surface area contributed by atoms with Gasteiger partial charge in [0.05, 0.1) is 5.56 Å². The van der Waals surface area contributed by atoms with E-state index in [4.69, 9.17) is 9.15 Å². The monoisotopic (exact) mass is 273 g/mol. The van der Waals surface area contributed by atoms with Gasteiger partial charge in [0.2, 0.25) is 0 Å². The molecule has 4 heteroatoms. The average molecular weight is 273 g/mol. The minimum absolute atomic E-state index is 0.166. The number of carbonyl (C=O) groups is 1. The molecule has 0 amide bonds. The summed E-state index contributed by atoms with van der Waals surface area (Å²) in [6.07, 6.45) is 6.52. The fraction of sp³-hybridized carbons (Fsp3) is 0.438. The standard InChI is InChI=1S/C16H17O4/c1-10-6-11-8-16(2)12(7-13(11)15(18)20-10)4-3-5-14(16)19-9-17/h6-9,14H,3-5H2,1-2H3/t14?,16-/m0/s1. The van der Waals surface area contributed by atoms with Gasteiger partial charge in [0.15, 0.2) is 0 Å². The minimum Gasteiger partial charge on any atom is -0.464 e. The van der Waals surface area contributed by atoms with Crippen molar-refractivity contribution in [1.82, 2.24) is 0 Å². The van der Waals surface area contributed by atoms with E-state index in [9.17, 15) is 9.59 Å². The molecule has 0 saturated heterocycles. The van der Waals surface area contributed by atoms with Crippen molar-refractivity contribution in [2.45, 2.75) is 39.2 Å². The lowest BCUT2D eigenvalue weighted by Gasteiger charge is -2.44. The zero-order chi connectivity index (χ0) is 14.3. The molecule has 105 valence electrons. The van der Waals surface area contributed by atoms with Crippen LogP contribution in [0.4, 0.5) is 0 Å². The Kier molecular flexibility index (Phi) is 3.04. The van der Waals surface area contributed by atoms with Gasteiger partial charge >= 0.3 is 5.63 Å². The van der Waals surface area contributed by atoms with Gasteiger partial charge in [-0.2, -0.15) is 0 Å². The summed E-state index contributed by atoms with van der Waals surface area (Å²) in [5.74, 6) is 0.592. The number of aryl methyl sites for hydroxylation is 1. The second kappa shape index (κ2) is 4.62. The second-order valence-electron chi connectivity index (χ2n) is 5.72.